The molecule has 0 unspecified atom stereocenters. The highest BCUT2D eigenvalue weighted by molar-refractivity contribution is 7.89. The quantitative estimate of drug-likeness (QED) is 0.536. The number of rotatable bonds is 9. The Labute approximate surface area is 163 Å². The first-order chi connectivity index (χ1) is 12.9. The van der Waals surface area contributed by atoms with E-state index in [1.165, 1.54) is 28.6 Å². The normalized spacial score (nSPS) is 12.1. The van der Waals surface area contributed by atoms with Crippen LogP contribution in [-0.2, 0) is 37.9 Å². The molecule has 0 bridgehead atoms. The number of primary sulfonamides is 1. The average molecular weight is 428 g/mol. The third kappa shape index (κ3) is 6.60. The maximum Gasteiger partial charge on any atom is 0.322 e. The molecule has 0 atom stereocenters. The summed E-state index contributed by atoms with van der Waals surface area (Å²) in [6.07, 6.45) is 1.08. The molecule has 0 aliphatic rings. The fraction of sp³-hybridized carbons (Fsp3) is 0.235. The number of carboxylic acids is 1. The molecule has 2 aromatic rings. The molecular formula is C17H21N3O6S2. The van der Waals surface area contributed by atoms with Gasteiger partial charge in [0.15, 0.2) is 0 Å². The molecular weight excluding hydrogens is 406 g/mol. The van der Waals surface area contributed by atoms with Crippen molar-refractivity contribution in [3.05, 3.63) is 59.7 Å². The van der Waals surface area contributed by atoms with E-state index >= 15 is 0 Å². The third-order valence-electron chi connectivity index (χ3n) is 3.81. The molecule has 0 aliphatic heterocycles. The monoisotopic (exact) mass is 427 g/mol. The van der Waals surface area contributed by atoms with Crippen LogP contribution in [0.3, 0.4) is 0 Å². The fourth-order valence-electron chi connectivity index (χ4n) is 2.44. The number of nitrogens with two attached hydrogens (primary N) is 1. The molecule has 2 aromatic carbocycles. The van der Waals surface area contributed by atoms with Gasteiger partial charge >= 0.3 is 5.97 Å². The zero-order chi connectivity index (χ0) is 20.9. The number of anilines is 1. The van der Waals surface area contributed by atoms with Crippen molar-refractivity contribution in [1.29, 1.82) is 0 Å². The van der Waals surface area contributed by atoms with Crippen molar-refractivity contribution in [2.45, 2.75) is 18.0 Å². The van der Waals surface area contributed by atoms with E-state index in [4.69, 9.17) is 10.2 Å². The van der Waals surface area contributed by atoms with Crippen LogP contribution in [0, 0.1) is 0 Å². The van der Waals surface area contributed by atoms with Gasteiger partial charge in [0.2, 0.25) is 20.0 Å². The highest BCUT2D eigenvalue weighted by Crippen LogP contribution is 2.18. The summed E-state index contributed by atoms with van der Waals surface area (Å²) in [5.74, 6) is -1.01. The highest BCUT2D eigenvalue weighted by Gasteiger charge is 2.18. The van der Waals surface area contributed by atoms with Gasteiger partial charge in [0, 0.05) is 18.8 Å². The number of carboxylic acid groups (broad SMARTS) is 1. The second-order valence-electron chi connectivity index (χ2n) is 6.17. The molecule has 0 saturated carbocycles. The van der Waals surface area contributed by atoms with Gasteiger partial charge in [-0.15, -0.1) is 0 Å². The van der Waals surface area contributed by atoms with Crippen molar-refractivity contribution in [2.24, 2.45) is 5.14 Å². The zero-order valence-corrected chi connectivity index (χ0v) is 16.7. The first-order valence-corrected chi connectivity index (χ1v) is 11.5. The Hall–Kier alpha value is -2.47. The minimum absolute atomic E-state index is 0.0382. The van der Waals surface area contributed by atoms with Crippen LogP contribution in [0.1, 0.15) is 11.1 Å². The van der Waals surface area contributed by atoms with Crippen LogP contribution in [0.5, 0.6) is 0 Å². The van der Waals surface area contributed by atoms with Gasteiger partial charge in [0.25, 0.3) is 0 Å². The number of carbonyl (C=O) groups is 1. The number of nitrogens with one attached hydrogen (secondary N) is 1. The Balaban J connectivity index is 2.19. The Morgan fingerprint density at radius 2 is 1.64 bits per heavy atom. The van der Waals surface area contributed by atoms with E-state index in [1.54, 1.807) is 24.3 Å². The second kappa shape index (κ2) is 8.69. The van der Waals surface area contributed by atoms with Crippen LogP contribution in [0.15, 0.2) is 53.4 Å². The minimum atomic E-state index is -3.82. The molecule has 0 aliphatic carbocycles. The summed E-state index contributed by atoms with van der Waals surface area (Å²) in [5, 5.41) is 16.5. The number of nitrogens with zero attached hydrogens (tertiary/aromatic N) is 1. The molecule has 0 radical (unpaired) electrons. The lowest BCUT2D eigenvalue weighted by Gasteiger charge is -2.20. The predicted octanol–water partition coefficient (Wildman–Crippen LogP) is 0.792. The number of sulfonamides is 2. The maximum absolute atomic E-state index is 12.2. The van der Waals surface area contributed by atoms with Gasteiger partial charge in [0.05, 0.1) is 11.2 Å². The SMILES string of the molecule is CS(=O)(=O)N(Cc1ccc(S(N)(=O)=O)cc1)Cc1cccc(NCC(=O)O)c1. The Bertz CT molecular complexity index is 1050. The van der Waals surface area contributed by atoms with Gasteiger partial charge in [-0.3, -0.25) is 4.79 Å². The molecule has 0 heterocycles. The lowest BCUT2D eigenvalue weighted by Crippen LogP contribution is -2.29. The lowest BCUT2D eigenvalue weighted by molar-refractivity contribution is -0.134. The van der Waals surface area contributed by atoms with Crippen LogP contribution in [0.2, 0.25) is 0 Å². The van der Waals surface area contributed by atoms with Crippen LogP contribution < -0.4 is 10.5 Å². The van der Waals surface area contributed by atoms with E-state index in [0.29, 0.717) is 16.8 Å². The van der Waals surface area contributed by atoms with E-state index in [1.807, 2.05) is 0 Å². The smallest absolute Gasteiger partial charge is 0.322 e. The standard InChI is InChI=1S/C17H21N3O6S2/c1-27(23,24)20(11-13-5-7-16(8-6-13)28(18,25)26)12-14-3-2-4-15(9-14)19-10-17(21)22/h2-9,19H,10-12H2,1H3,(H,21,22)(H2,18,25,26). The summed E-state index contributed by atoms with van der Waals surface area (Å²) in [6, 6.07) is 12.4. The van der Waals surface area contributed by atoms with Crippen molar-refractivity contribution in [2.75, 3.05) is 18.1 Å². The zero-order valence-electron chi connectivity index (χ0n) is 15.1. The van der Waals surface area contributed by atoms with Crippen molar-refractivity contribution in [3.8, 4) is 0 Å². The fourth-order valence-corrected chi connectivity index (χ4v) is 3.72. The molecule has 0 amide bonds. The Kier molecular flexibility index (Phi) is 6.77. The third-order valence-corrected chi connectivity index (χ3v) is 5.93. The van der Waals surface area contributed by atoms with Gasteiger partial charge in [-0.25, -0.2) is 22.0 Å². The summed E-state index contributed by atoms with van der Waals surface area (Å²) in [6.45, 7) is -0.148. The minimum Gasteiger partial charge on any atom is -0.480 e. The largest absolute Gasteiger partial charge is 0.480 e. The van der Waals surface area contributed by atoms with E-state index in [9.17, 15) is 21.6 Å². The topological polar surface area (TPSA) is 147 Å². The molecule has 152 valence electrons. The summed E-state index contributed by atoms with van der Waals surface area (Å²) < 4.78 is 48.2. The number of hydrogen-bond acceptors (Lipinski definition) is 6. The molecule has 4 N–H and O–H groups in total. The average Bonchev–Trinajstić information content (AvgIpc) is 2.59. The Morgan fingerprint density at radius 1 is 1.04 bits per heavy atom. The van der Waals surface area contributed by atoms with Crippen molar-refractivity contribution >= 4 is 31.7 Å². The van der Waals surface area contributed by atoms with E-state index in [-0.39, 0.29) is 24.5 Å². The van der Waals surface area contributed by atoms with Crippen molar-refractivity contribution < 1.29 is 26.7 Å². The number of hydrogen-bond donors (Lipinski definition) is 3. The molecule has 0 aromatic heterocycles. The molecule has 28 heavy (non-hydrogen) atoms. The molecule has 2 rings (SSSR count). The van der Waals surface area contributed by atoms with Gasteiger partial charge in [0.1, 0.15) is 6.54 Å². The van der Waals surface area contributed by atoms with Crippen LogP contribution in [-0.4, -0.2) is 45.0 Å². The predicted molar refractivity (Wildman–Crippen MR) is 104 cm³/mol. The van der Waals surface area contributed by atoms with Crippen molar-refractivity contribution in [1.82, 2.24) is 4.31 Å². The van der Waals surface area contributed by atoms with Gasteiger partial charge in [-0.1, -0.05) is 24.3 Å². The molecule has 9 nitrogen and oxygen atoms in total. The van der Waals surface area contributed by atoms with Crippen LogP contribution in [0.4, 0.5) is 5.69 Å². The second-order valence-corrected chi connectivity index (χ2v) is 9.71. The van der Waals surface area contributed by atoms with Crippen molar-refractivity contribution in [3.63, 3.8) is 0 Å². The molecule has 0 spiro atoms. The summed E-state index contributed by atoms with van der Waals surface area (Å²) in [5.41, 5.74) is 1.82. The first-order valence-electron chi connectivity index (χ1n) is 8.06. The first kappa shape index (κ1) is 21.8. The summed E-state index contributed by atoms with van der Waals surface area (Å²) >= 11 is 0. The number of benzene rings is 2. The lowest BCUT2D eigenvalue weighted by atomic mass is 10.2. The summed E-state index contributed by atoms with van der Waals surface area (Å²) in [4.78, 5) is 10.6. The Morgan fingerprint density at radius 3 is 2.18 bits per heavy atom. The molecule has 11 heteroatoms. The van der Waals surface area contributed by atoms with Gasteiger partial charge in [-0.05, 0) is 35.4 Å². The van der Waals surface area contributed by atoms with Gasteiger partial charge in [-0.2, -0.15) is 4.31 Å². The number of aliphatic carboxylic acids is 1. The van der Waals surface area contributed by atoms with E-state index in [0.717, 1.165) is 6.26 Å². The van der Waals surface area contributed by atoms with Crippen LogP contribution in [0.25, 0.3) is 0 Å². The maximum atomic E-state index is 12.2. The van der Waals surface area contributed by atoms with Gasteiger partial charge < -0.3 is 10.4 Å². The highest BCUT2D eigenvalue weighted by atomic mass is 32.2. The van der Waals surface area contributed by atoms with E-state index < -0.39 is 26.0 Å². The van der Waals surface area contributed by atoms with Crippen LogP contribution >= 0.6 is 0 Å². The van der Waals surface area contributed by atoms with E-state index in [2.05, 4.69) is 5.32 Å². The molecule has 0 fully saturated rings. The molecule has 0 saturated heterocycles. The summed E-state index contributed by atoms with van der Waals surface area (Å²) in [7, 11) is -7.38.